The zero-order valence-corrected chi connectivity index (χ0v) is 11.3. The SMILES string of the molecule is CC1CN(CC2CC3CCC2C3)CCC1CN. The maximum Gasteiger partial charge on any atom is 0.00125 e. The molecule has 2 nitrogen and oxygen atoms in total. The second-order valence-corrected chi connectivity index (χ2v) is 6.96. The van der Waals surface area contributed by atoms with Crippen molar-refractivity contribution in [2.45, 2.75) is 39.0 Å². The summed E-state index contributed by atoms with van der Waals surface area (Å²) in [5.74, 6) is 4.82. The van der Waals surface area contributed by atoms with Crippen LogP contribution in [0, 0.1) is 29.6 Å². The van der Waals surface area contributed by atoms with Gasteiger partial charge >= 0.3 is 0 Å². The lowest BCUT2D eigenvalue weighted by molar-refractivity contribution is 0.103. The van der Waals surface area contributed by atoms with E-state index in [0.717, 1.165) is 36.1 Å². The van der Waals surface area contributed by atoms with Gasteiger partial charge in [-0.3, -0.25) is 0 Å². The zero-order valence-electron chi connectivity index (χ0n) is 11.3. The third-order valence-corrected chi connectivity index (χ3v) is 5.85. The van der Waals surface area contributed by atoms with Crippen LogP contribution in [0.4, 0.5) is 0 Å². The van der Waals surface area contributed by atoms with Crippen LogP contribution < -0.4 is 5.73 Å². The van der Waals surface area contributed by atoms with Crippen molar-refractivity contribution in [1.82, 2.24) is 4.90 Å². The molecule has 0 aromatic rings. The molecule has 0 aromatic carbocycles. The predicted octanol–water partition coefficient (Wildman–Crippen LogP) is 2.34. The zero-order chi connectivity index (χ0) is 11.8. The largest absolute Gasteiger partial charge is 0.330 e. The molecule has 2 N–H and O–H groups in total. The molecule has 2 aliphatic carbocycles. The van der Waals surface area contributed by atoms with Gasteiger partial charge in [0.25, 0.3) is 0 Å². The van der Waals surface area contributed by atoms with Crippen LogP contribution in [0.15, 0.2) is 0 Å². The summed E-state index contributed by atoms with van der Waals surface area (Å²) in [7, 11) is 0. The average molecular weight is 236 g/mol. The molecule has 0 spiro atoms. The van der Waals surface area contributed by atoms with Gasteiger partial charge in [-0.2, -0.15) is 0 Å². The molecule has 0 amide bonds. The van der Waals surface area contributed by atoms with Gasteiger partial charge in [-0.05, 0) is 68.4 Å². The fourth-order valence-corrected chi connectivity index (χ4v) is 4.73. The molecule has 98 valence electrons. The Labute approximate surface area is 106 Å². The first kappa shape index (κ1) is 12.0. The molecule has 2 saturated carbocycles. The Morgan fingerprint density at radius 2 is 2.00 bits per heavy atom. The van der Waals surface area contributed by atoms with Crippen molar-refractivity contribution in [2.24, 2.45) is 35.3 Å². The molecule has 0 radical (unpaired) electrons. The van der Waals surface area contributed by atoms with Crippen molar-refractivity contribution < 1.29 is 0 Å². The predicted molar refractivity (Wildman–Crippen MR) is 71.7 cm³/mol. The maximum atomic E-state index is 5.83. The molecule has 1 aliphatic heterocycles. The highest BCUT2D eigenvalue weighted by molar-refractivity contribution is 4.92. The highest BCUT2D eigenvalue weighted by Crippen LogP contribution is 2.48. The number of nitrogens with zero attached hydrogens (tertiary/aromatic N) is 1. The molecule has 3 fully saturated rings. The van der Waals surface area contributed by atoms with Gasteiger partial charge in [-0.1, -0.05) is 13.3 Å². The van der Waals surface area contributed by atoms with E-state index in [1.165, 1.54) is 45.3 Å². The van der Waals surface area contributed by atoms with Gasteiger partial charge in [0.15, 0.2) is 0 Å². The maximum absolute atomic E-state index is 5.83. The molecule has 17 heavy (non-hydrogen) atoms. The van der Waals surface area contributed by atoms with Crippen LogP contribution in [0.1, 0.15) is 39.0 Å². The Kier molecular flexibility index (Phi) is 3.45. The summed E-state index contributed by atoms with van der Waals surface area (Å²) in [6.07, 6.45) is 7.49. The van der Waals surface area contributed by atoms with E-state index in [9.17, 15) is 0 Å². The van der Waals surface area contributed by atoms with E-state index in [0.29, 0.717) is 0 Å². The topological polar surface area (TPSA) is 29.3 Å². The summed E-state index contributed by atoms with van der Waals surface area (Å²) in [6.45, 7) is 7.28. The summed E-state index contributed by atoms with van der Waals surface area (Å²) in [4.78, 5) is 2.74. The van der Waals surface area contributed by atoms with Crippen LogP contribution in [0.25, 0.3) is 0 Å². The molecule has 5 unspecified atom stereocenters. The molecule has 3 aliphatic rings. The summed E-state index contributed by atoms with van der Waals surface area (Å²) in [5.41, 5.74) is 5.83. The first-order valence-electron chi connectivity index (χ1n) is 7.68. The highest BCUT2D eigenvalue weighted by Gasteiger charge is 2.40. The number of hydrogen-bond acceptors (Lipinski definition) is 2. The Bertz CT molecular complexity index is 266. The quantitative estimate of drug-likeness (QED) is 0.815. The number of likely N-dealkylation sites (tertiary alicyclic amines) is 1. The van der Waals surface area contributed by atoms with Crippen LogP contribution in [-0.4, -0.2) is 31.1 Å². The molecular formula is C15H28N2. The fraction of sp³-hybridized carbons (Fsp3) is 1.00. The van der Waals surface area contributed by atoms with Crippen molar-refractivity contribution in [3.8, 4) is 0 Å². The van der Waals surface area contributed by atoms with Crippen molar-refractivity contribution >= 4 is 0 Å². The summed E-state index contributed by atoms with van der Waals surface area (Å²) < 4.78 is 0. The van der Waals surface area contributed by atoms with Gasteiger partial charge in [0.2, 0.25) is 0 Å². The van der Waals surface area contributed by atoms with E-state index in [-0.39, 0.29) is 0 Å². The van der Waals surface area contributed by atoms with E-state index in [4.69, 9.17) is 5.73 Å². The van der Waals surface area contributed by atoms with Gasteiger partial charge in [-0.15, -0.1) is 0 Å². The molecule has 3 rings (SSSR count). The minimum absolute atomic E-state index is 0.784. The van der Waals surface area contributed by atoms with E-state index >= 15 is 0 Å². The third-order valence-electron chi connectivity index (χ3n) is 5.85. The smallest absolute Gasteiger partial charge is 0.00125 e. The molecule has 2 bridgehead atoms. The van der Waals surface area contributed by atoms with E-state index in [1.807, 2.05) is 0 Å². The highest BCUT2D eigenvalue weighted by atomic mass is 15.1. The van der Waals surface area contributed by atoms with Gasteiger partial charge in [0.1, 0.15) is 0 Å². The minimum atomic E-state index is 0.784. The first-order chi connectivity index (χ1) is 8.26. The Morgan fingerprint density at radius 3 is 2.59 bits per heavy atom. The number of nitrogens with two attached hydrogens (primary N) is 1. The molecule has 1 saturated heterocycles. The lowest BCUT2D eigenvalue weighted by Gasteiger charge is -2.38. The standard InChI is InChI=1S/C15H28N2/c1-11-9-17(5-4-14(11)8-16)10-15-7-12-2-3-13(15)6-12/h11-15H,2-10,16H2,1H3. The number of fused-ring (bicyclic) bond motifs is 2. The van der Waals surface area contributed by atoms with Crippen LogP contribution in [0.2, 0.25) is 0 Å². The molecule has 2 heteroatoms. The van der Waals surface area contributed by atoms with E-state index in [2.05, 4.69) is 11.8 Å². The molecule has 0 aromatic heterocycles. The summed E-state index contributed by atoms with van der Waals surface area (Å²) >= 11 is 0. The second kappa shape index (κ2) is 4.89. The van der Waals surface area contributed by atoms with Gasteiger partial charge < -0.3 is 10.6 Å². The number of rotatable bonds is 3. The average Bonchev–Trinajstić information content (AvgIpc) is 2.91. The lowest BCUT2D eigenvalue weighted by Crippen LogP contribution is -2.44. The molecular weight excluding hydrogens is 208 g/mol. The van der Waals surface area contributed by atoms with Crippen LogP contribution in [0.5, 0.6) is 0 Å². The molecule has 1 heterocycles. The van der Waals surface area contributed by atoms with Crippen molar-refractivity contribution in [3.63, 3.8) is 0 Å². The fourth-order valence-electron chi connectivity index (χ4n) is 4.73. The lowest BCUT2D eigenvalue weighted by atomic mass is 9.84. The third kappa shape index (κ3) is 2.39. The van der Waals surface area contributed by atoms with Gasteiger partial charge in [0.05, 0.1) is 0 Å². The van der Waals surface area contributed by atoms with Gasteiger partial charge in [0, 0.05) is 13.1 Å². The Balaban J connectivity index is 1.50. The monoisotopic (exact) mass is 236 g/mol. The van der Waals surface area contributed by atoms with Gasteiger partial charge in [-0.25, -0.2) is 0 Å². The Morgan fingerprint density at radius 1 is 1.12 bits per heavy atom. The summed E-state index contributed by atoms with van der Waals surface area (Å²) in [5, 5.41) is 0. The van der Waals surface area contributed by atoms with E-state index < -0.39 is 0 Å². The van der Waals surface area contributed by atoms with Crippen molar-refractivity contribution in [2.75, 3.05) is 26.2 Å². The minimum Gasteiger partial charge on any atom is -0.330 e. The second-order valence-electron chi connectivity index (χ2n) is 6.96. The van der Waals surface area contributed by atoms with Crippen LogP contribution >= 0.6 is 0 Å². The molecule has 5 atom stereocenters. The van der Waals surface area contributed by atoms with Crippen LogP contribution in [-0.2, 0) is 0 Å². The number of piperidine rings is 1. The Hall–Kier alpha value is -0.0800. The normalized spacial score (nSPS) is 46.6. The van der Waals surface area contributed by atoms with Crippen molar-refractivity contribution in [1.29, 1.82) is 0 Å². The summed E-state index contributed by atoms with van der Waals surface area (Å²) in [6, 6.07) is 0. The first-order valence-corrected chi connectivity index (χ1v) is 7.68. The van der Waals surface area contributed by atoms with Crippen LogP contribution in [0.3, 0.4) is 0 Å². The van der Waals surface area contributed by atoms with E-state index in [1.54, 1.807) is 6.42 Å². The van der Waals surface area contributed by atoms with Crippen molar-refractivity contribution in [3.05, 3.63) is 0 Å². The number of hydrogen-bond donors (Lipinski definition) is 1.